The summed E-state index contributed by atoms with van der Waals surface area (Å²) >= 11 is 0. The Labute approximate surface area is 110 Å². The van der Waals surface area contributed by atoms with Crippen molar-refractivity contribution in [2.24, 2.45) is 0 Å². The van der Waals surface area contributed by atoms with Crippen LogP contribution in [0.5, 0.6) is 0 Å². The summed E-state index contributed by atoms with van der Waals surface area (Å²) in [4.78, 5) is -0.376. The van der Waals surface area contributed by atoms with Gasteiger partial charge in [-0.15, -0.1) is 0 Å². The fourth-order valence-electron chi connectivity index (χ4n) is 1.55. The van der Waals surface area contributed by atoms with Crippen molar-refractivity contribution < 1.29 is 12.8 Å². The number of anilines is 1. The van der Waals surface area contributed by atoms with Crippen molar-refractivity contribution >= 4 is 15.7 Å². The van der Waals surface area contributed by atoms with Gasteiger partial charge in [0.15, 0.2) is 0 Å². The summed E-state index contributed by atoms with van der Waals surface area (Å²) in [6.07, 6.45) is 0. The maximum atomic E-state index is 13.4. The van der Waals surface area contributed by atoms with Crippen LogP contribution in [0.2, 0.25) is 0 Å². The molecule has 0 amide bonds. The molecular formula is C13H9FN2O2S. The Hall–Kier alpha value is -2.39. The Balaban J connectivity index is 2.47. The summed E-state index contributed by atoms with van der Waals surface area (Å²) < 4.78 is 39.9. The second-order valence-electron chi connectivity index (χ2n) is 3.70. The molecule has 0 fully saturated rings. The number of benzene rings is 2. The third kappa shape index (κ3) is 2.72. The molecule has 2 aromatic rings. The average molecular weight is 276 g/mol. The Morgan fingerprint density at radius 2 is 1.74 bits per heavy atom. The molecule has 2 rings (SSSR count). The van der Waals surface area contributed by atoms with E-state index in [1.165, 1.54) is 12.1 Å². The van der Waals surface area contributed by atoms with Crippen molar-refractivity contribution in [3.63, 3.8) is 0 Å². The van der Waals surface area contributed by atoms with Crippen molar-refractivity contribution in [3.8, 4) is 6.07 Å². The van der Waals surface area contributed by atoms with E-state index in [2.05, 4.69) is 4.72 Å². The molecule has 0 aliphatic rings. The molecule has 0 spiro atoms. The van der Waals surface area contributed by atoms with Crippen molar-refractivity contribution in [2.45, 2.75) is 4.90 Å². The number of nitriles is 1. The lowest BCUT2D eigenvalue weighted by atomic mass is 10.2. The predicted octanol–water partition coefficient (Wildman–Crippen LogP) is 2.50. The highest BCUT2D eigenvalue weighted by molar-refractivity contribution is 7.92. The molecule has 6 heteroatoms. The van der Waals surface area contributed by atoms with Crippen LogP contribution in [0, 0.1) is 17.1 Å². The predicted molar refractivity (Wildman–Crippen MR) is 68.4 cm³/mol. The number of nitrogens with one attached hydrogen (secondary N) is 1. The van der Waals surface area contributed by atoms with E-state index < -0.39 is 21.4 Å². The molecule has 0 saturated heterocycles. The first kappa shape index (κ1) is 13.1. The fraction of sp³-hybridized carbons (Fsp3) is 0. The first-order valence-corrected chi connectivity index (χ1v) is 6.79. The SMILES string of the molecule is N#Cc1c(F)cccc1S(=O)(=O)Nc1ccccc1. The molecule has 0 saturated carbocycles. The highest BCUT2D eigenvalue weighted by atomic mass is 32.2. The van der Waals surface area contributed by atoms with Crippen LogP contribution < -0.4 is 4.72 Å². The van der Waals surface area contributed by atoms with Gasteiger partial charge in [-0.25, -0.2) is 12.8 Å². The smallest absolute Gasteiger partial charge is 0.263 e. The van der Waals surface area contributed by atoms with Gasteiger partial charge in [0.25, 0.3) is 10.0 Å². The molecule has 0 radical (unpaired) electrons. The molecule has 0 heterocycles. The van der Waals surface area contributed by atoms with Crippen molar-refractivity contribution in [2.75, 3.05) is 4.72 Å². The van der Waals surface area contributed by atoms with E-state index in [0.717, 1.165) is 6.07 Å². The standard InChI is InChI=1S/C13H9FN2O2S/c14-12-7-4-8-13(11(12)9-15)19(17,18)16-10-5-2-1-3-6-10/h1-8,16H. The number of rotatable bonds is 3. The van der Waals surface area contributed by atoms with Gasteiger partial charge in [-0.05, 0) is 24.3 Å². The maximum Gasteiger partial charge on any atom is 0.263 e. The van der Waals surface area contributed by atoms with Gasteiger partial charge in [0.05, 0.1) is 0 Å². The molecule has 19 heavy (non-hydrogen) atoms. The molecule has 0 aliphatic heterocycles. The largest absolute Gasteiger partial charge is 0.280 e. The third-order valence-corrected chi connectivity index (χ3v) is 3.83. The molecule has 0 aromatic heterocycles. The Morgan fingerprint density at radius 1 is 1.05 bits per heavy atom. The van der Waals surface area contributed by atoms with Crippen LogP contribution >= 0.6 is 0 Å². The zero-order chi connectivity index (χ0) is 13.9. The highest BCUT2D eigenvalue weighted by Crippen LogP contribution is 2.21. The van der Waals surface area contributed by atoms with Gasteiger partial charge in [0, 0.05) is 5.69 Å². The Bertz CT molecular complexity index is 737. The van der Waals surface area contributed by atoms with E-state index in [-0.39, 0.29) is 4.90 Å². The maximum absolute atomic E-state index is 13.4. The fourth-order valence-corrected chi connectivity index (χ4v) is 2.78. The normalized spacial score (nSPS) is 10.7. The second-order valence-corrected chi connectivity index (χ2v) is 5.35. The molecular weight excluding hydrogens is 267 g/mol. The molecule has 0 unspecified atom stereocenters. The van der Waals surface area contributed by atoms with E-state index in [9.17, 15) is 12.8 Å². The summed E-state index contributed by atoms with van der Waals surface area (Å²) in [7, 11) is -3.99. The van der Waals surface area contributed by atoms with Crippen LogP contribution in [0.4, 0.5) is 10.1 Å². The minimum absolute atomic E-state index is 0.343. The first-order chi connectivity index (χ1) is 9.04. The van der Waals surface area contributed by atoms with E-state index in [0.29, 0.717) is 5.69 Å². The van der Waals surface area contributed by atoms with Gasteiger partial charge in [0.2, 0.25) is 0 Å². The van der Waals surface area contributed by atoms with E-state index >= 15 is 0 Å². The average Bonchev–Trinajstić information content (AvgIpc) is 2.39. The topological polar surface area (TPSA) is 70.0 Å². The summed E-state index contributed by atoms with van der Waals surface area (Å²) in [5.74, 6) is -0.863. The molecule has 0 bridgehead atoms. The number of para-hydroxylation sites is 1. The zero-order valence-corrected chi connectivity index (χ0v) is 10.5. The minimum atomic E-state index is -3.99. The van der Waals surface area contributed by atoms with Crippen molar-refractivity contribution in [1.29, 1.82) is 5.26 Å². The molecule has 2 aromatic carbocycles. The van der Waals surface area contributed by atoms with Gasteiger partial charge < -0.3 is 0 Å². The van der Waals surface area contributed by atoms with E-state index in [1.807, 2.05) is 0 Å². The van der Waals surface area contributed by atoms with Crippen LogP contribution in [-0.2, 0) is 10.0 Å². The number of hydrogen-bond donors (Lipinski definition) is 1. The quantitative estimate of drug-likeness (QED) is 0.936. The molecule has 1 N–H and O–H groups in total. The van der Waals surface area contributed by atoms with Gasteiger partial charge in [-0.2, -0.15) is 5.26 Å². The lowest BCUT2D eigenvalue weighted by molar-refractivity contribution is 0.593. The van der Waals surface area contributed by atoms with Crippen LogP contribution in [0.3, 0.4) is 0 Å². The molecule has 0 aliphatic carbocycles. The van der Waals surface area contributed by atoms with E-state index in [4.69, 9.17) is 5.26 Å². The van der Waals surface area contributed by atoms with Gasteiger partial charge in [-0.1, -0.05) is 24.3 Å². The Morgan fingerprint density at radius 3 is 2.37 bits per heavy atom. The Kier molecular flexibility index (Phi) is 3.49. The van der Waals surface area contributed by atoms with Crippen LogP contribution in [0.1, 0.15) is 5.56 Å². The van der Waals surface area contributed by atoms with Crippen molar-refractivity contribution in [3.05, 3.63) is 59.9 Å². The van der Waals surface area contributed by atoms with Crippen LogP contribution in [-0.4, -0.2) is 8.42 Å². The van der Waals surface area contributed by atoms with Crippen LogP contribution in [0.15, 0.2) is 53.4 Å². The monoisotopic (exact) mass is 276 g/mol. The third-order valence-electron chi connectivity index (χ3n) is 2.40. The van der Waals surface area contributed by atoms with E-state index in [1.54, 1.807) is 36.4 Å². The van der Waals surface area contributed by atoms with Crippen molar-refractivity contribution in [1.82, 2.24) is 0 Å². The summed E-state index contributed by atoms with van der Waals surface area (Å²) in [6.45, 7) is 0. The lowest BCUT2D eigenvalue weighted by Gasteiger charge is -2.09. The summed E-state index contributed by atoms with van der Waals surface area (Å²) in [5.41, 5.74) is -0.151. The number of nitrogens with zero attached hydrogens (tertiary/aromatic N) is 1. The number of sulfonamides is 1. The number of hydrogen-bond acceptors (Lipinski definition) is 3. The van der Waals surface area contributed by atoms with Gasteiger partial charge in [-0.3, -0.25) is 4.72 Å². The van der Waals surface area contributed by atoms with Gasteiger partial charge in [0.1, 0.15) is 22.3 Å². The highest BCUT2D eigenvalue weighted by Gasteiger charge is 2.21. The summed E-state index contributed by atoms with van der Waals surface area (Å²) in [5, 5.41) is 8.85. The lowest BCUT2D eigenvalue weighted by Crippen LogP contribution is -2.15. The minimum Gasteiger partial charge on any atom is -0.280 e. The molecule has 96 valence electrons. The van der Waals surface area contributed by atoms with Crippen LogP contribution in [0.25, 0.3) is 0 Å². The second kappa shape index (κ2) is 5.08. The zero-order valence-electron chi connectivity index (χ0n) is 9.67. The first-order valence-electron chi connectivity index (χ1n) is 5.31. The molecule has 0 atom stereocenters. The summed E-state index contributed by atoms with van der Waals surface area (Å²) in [6, 6.07) is 13.2. The van der Waals surface area contributed by atoms with Gasteiger partial charge >= 0.3 is 0 Å². The molecule has 4 nitrogen and oxygen atoms in total. The number of halogens is 1.